The molecule has 144 valence electrons. The van der Waals surface area contributed by atoms with Gasteiger partial charge in [0.25, 0.3) is 11.8 Å². The van der Waals surface area contributed by atoms with E-state index in [1.807, 2.05) is 18.2 Å². The van der Waals surface area contributed by atoms with Crippen molar-refractivity contribution in [2.45, 2.75) is 6.61 Å². The molecule has 0 aromatic heterocycles. The normalized spacial score (nSPS) is 13.8. The van der Waals surface area contributed by atoms with Gasteiger partial charge in [0.05, 0.1) is 4.47 Å². The van der Waals surface area contributed by atoms with Crippen molar-refractivity contribution >= 4 is 61.9 Å². The van der Waals surface area contributed by atoms with E-state index in [0.717, 1.165) is 15.4 Å². The van der Waals surface area contributed by atoms with Crippen LogP contribution in [0.1, 0.15) is 11.1 Å². The molecule has 29 heavy (non-hydrogen) atoms. The Morgan fingerprint density at radius 3 is 2.38 bits per heavy atom. The molecular weight excluding hydrogens is 452 g/mol. The van der Waals surface area contributed by atoms with E-state index in [4.69, 9.17) is 17.0 Å². The lowest BCUT2D eigenvalue weighted by molar-refractivity contribution is -0.123. The molecule has 1 saturated heterocycles. The van der Waals surface area contributed by atoms with Gasteiger partial charge in [0.2, 0.25) is 0 Å². The topological polar surface area (TPSA) is 67.4 Å². The number of hydrogen-bond acceptors (Lipinski definition) is 4. The predicted octanol–water partition coefficient (Wildman–Crippen LogP) is 4.10. The number of thiocarbonyl (C=S) groups is 1. The van der Waals surface area contributed by atoms with E-state index in [1.165, 1.54) is 11.5 Å². The van der Waals surface area contributed by atoms with E-state index >= 15 is 0 Å². The van der Waals surface area contributed by atoms with Crippen molar-refractivity contribution in [3.8, 4) is 5.75 Å². The maximum atomic E-state index is 12.0. The van der Waals surface area contributed by atoms with Crippen LogP contribution in [-0.4, -0.2) is 16.9 Å². The van der Waals surface area contributed by atoms with Crippen LogP contribution in [0.15, 0.2) is 70.7 Å². The van der Waals surface area contributed by atoms with Gasteiger partial charge in [-0.1, -0.05) is 42.5 Å². The summed E-state index contributed by atoms with van der Waals surface area (Å²) in [6.45, 7) is 0.423. The second kappa shape index (κ2) is 8.14. The quantitative estimate of drug-likeness (QED) is 0.345. The first-order valence-electron chi connectivity index (χ1n) is 8.78. The highest BCUT2D eigenvalue weighted by Gasteiger charge is 2.25. The number of rotatable bonds is 4. The standard InChI is InChI=1S/C22H15BrN2O3S/c23-18-11-13(10-17-20(26)24-22(29)25-21(17)27)6-8-19(18)28-12-14-5-7-15-3-1-2-4-16(15)9-14/h1-11H,12H2,(H2,24,25,26,27,29). The molecule has 0 saturated carbocycles. The first kappa shape index (κ1) is 19.3. The van der Waals surface area contributed by atoms with E-state index < -0.39 is 11.8 Å². The van der Waals surface area contributed by atoms with E-state index in [2.05, 4.69) is 50.8 Å². The number of amides is 2. The molecule has 0 spiro atoms. The average Bonchev–Trinajstić information content (AvgIpc) is 2.70. The number of nitrogens with one attached hydrogen (secondary N) is 2. The number of fused-ring (bicyclic) bond motifs is 1. The van der Waals surface area contributed by atoms with Crippen LogP contribution in [0, 0.1) is 0 Å². The number of ether oxygens (including phenoxy) is 1. The number of carbonyl (C=O) groups is 2. The lowest BCUT2D eigenvalue weighted by atomic mass is 10.1. The molecular formula is C22H15BrN2O3S. The molecule has 7 heteroatoms. The smallest absolute Gasteiger partial charge is 0.263 e. The third kappa shape index (κ3) is 4.36. The van der Waals surface area contributed by atoms with Gasteiger partial charge in [-0.15, -0.1) is 0 Å². The summed E-state index contributed by atoms with van der Waals surface area (Å²) in [6.07, 6.45) is 1.50. The minimum atomic E-state index is -0.522. The molecule has 0 atom stereocenters. The Bertz CT molecular complexity index is 1170. The summed E-state index contributed by atoms with van der Waals surface area (Å²) in [6, 6.07) is 19.7. The largest absolute Gasteiger partial charge is 0.488 e. The molecule has 0 bridgehead atoms. The van der Waals surface area contributed by atoms with Crippen molar-refractivity contribution in [3.63, 3.8) is 0 Å². The Hall–Kier alpha value is -3.03. The Morgan fingerprint density at radius 1 is 0.931 bits per heavy atom. The monoisotopic (exact) mass is 466 g/mol. The first-order chi connectivity index (χ1) is 14.0. The van der Waals surface area contributed by atoms with Crippen LogP contribution in [0.5, 0.6) is 5.75 Å². The highest BCUT2D eigenvalue weighted by Crippen LogP contribution is 2.28. The molecule has 3 aromatic rings. The molecule has 4 rings (SSSR count). The highest BCUT2D eigenvalue weighted by atomic mass is 79.9. The molecule has 1 aliphatic heterocycles. The van der Waals surface area contributed by atoms with Gasteiger partial charge in [-0.2, -0.15) is 0 Å². The van der Waals surface area contributed by atoms with Crippen molar-refractivity contribution in [2.75, 3.05) is 0 Å². The maximum absolute atomic E-state index is 12.0. The zero-order valence-corrected chi connectivity index (χ0v) is 17.5. The van der Waals surface area contributed by atoms with Crippen LogP contribution in [0.4, 0.5) is 0 Å². The maximum Gasteiger partial charge on any atom is 0.263 e. The van der Waals surface area contributed by atoms with Gasteiger partial charge in [-0.05, 0) is 74.3 Å². The molecule has 1 aliphatic rings. The van der Waals surface area contributed by atoms with E-state index in [1.54, 1.807) is 18.2 Å². The van der Waals surface area contributed by atoms with E-state index in [0.29, 0.717) is 17.9 Å². The second-order valence-electron chi connectivity index (χ2n) is 6.46. The summed E-state index contributed by atoms with van der Waals surface area (Å²) < 4.78 is 6.65. The average molecular weight is 467 g/mol. The molecule has 1 fully saturated rings. The van der Waals surface area contributed by atoms with Gasteiger partial charge in [-0.25, -0.2) is 0 Å². The summed E-state index contributed by atoms with van der Waals surface area (Å²) >= 11 is 8.28. The van der Waals surface area contributed by atoms with Crippen LogP contribution < -0.4 is 15.4 Å². The molecule has 1 heterocycles. The fourth-order valence-electron chi connectivity index (χ4n) is 2.99. The number of carbonyl (C=O) groups excluding carboxylic acids is 2. The van der Waals surface area contributed by atoms with E-state index in [9.17, 15) is 9.59 Å². The molecule has 2 amide bonds. The summed E-state index contributed by atoms with van der Waals surface area (Å²) in [4.78, 5) is 23.9. The van der Waals surface area contributed by atoms with Crippen LogP contribution in [0.25, 0.3) is 16.8 Å². The lowest BCUT2D eigenvalue weighted by Gasteiger charge is -2.16. The van der Waals surface area contributed by atoms with Crippen molar-refractivity contribution in [3.05, 3.63) is 81.8 Å². The lowest BCUT2D eigenvalue weighted by Crippen LogP contribution is -2.51. The molecule has 0 aliphatic carbocycles. The van der Waals surface area contributed by atoms with E-state index in [-0.39, 0.29) is 10.7 Å². The Labute approximate surface area is 180 Å². The molecule has 0 unspecified atom stereocenters. The van der Waals surface area contributed by atoms with Crippen molar-refractivity contribution in [1.82, 2.24) is 10.6 Å². The Kier molecular flexibility index (Phi) is 5.42. The number of halogens is 1. The summed E-state index contributed by atoms with van der Waals surface area (Å²) in [5.41, 5.74) is 1.74. The van der Waals surface area contributed by atoms with Crippen molar-refractivity contribution in [1.29, 1.82) is 0 Å². The van der Waals surface area contributed by atoms with Crippen molar-refractivity contribution < 1.29 is 14.3 Å². The van der Waals surface area contributed by atoms with Gasteiger partial charge in [0, 0.05) is 0 Å². The molecule has 5 nitrogen and oxygen atoms in total. The number of benzene rings is 3. The summed E-state index contributed by atoms with van der Waals surface area (Å²) in [7, 11) is 0. The van der Waals surface area contributed by atoms with Gasteiger partial charge in [-0.3, -0.25) is 20.2 Å². The summed E-state index contributed by atoms with van der Waals surface area (Å²) in [5.74, 6) is -0.378. The third-order valence-electron chi connectivity index (χ3n) is 4.42. The first-order valence-corrected chi connectivity index (χ1v) is 9.98. The fraction of sp³-hybridized carbons (Fsp3) is 0.0455. The predicted molar refractivity (Wildman–Crippen MR) is 119 cm³/mol. The Morgan fingerprint density at radius 2 is 1.66 bits per heavy atom. The van der Waals surface area contributed by atoms with Gasteiger partial charge in [0.1, 0.15) is 17.9 Å². The third-order valence-corrected chi connectivity index (χ3v) is 5.24. The van der Waals surface area contributed by atoms with Crippen molar-refractivity contribution in [2.24, 2.45) is 0 Å². The minimum absolute atomic E-state index is 0.00432. The number of hydrogen-bond donors (Lipinski definition) is 2. The molecule has 0 radical (unpaired) electrons. The highest BCUT2D eigenvalue weighted by molar-refractivity contribution is 9.10. The molecule has 3 aromatic carbocycles. The van der Waals surface area contributed by atoms with Crippen LogP contribution in [0.2, 0.25) is 0 Å². The summed E-state index contributed by atoms with van der Waals surface area (Å²) in [5, 5.41) is 7.19. The van der Waals surface area contributed by atoms with Gasteiger partial charge in [0.15, 0.2) is 5.11 Å². The molecule has 2 N–H and O–H groups in total. The second-order valence-corrected chi connectivity index (χ2v) is 7.72. The van der Waals surface area contributed by atoms with Crippen LogP contribution in [-0.2, 0) is 16.2 Å². The zero-order chi connectivity index (χ0) is 20.4. The zero-order valence-electron chi connectivity index (χ0n) is 15.1. The Balaban J connectivity index is 1.49. The minimum Gasteiger partial charge on any atom is -0.488 e. The SMILES string of the molecule is O=C1NC(=S)NC(=O)C1=Cc1ccc(OCc2ccc3ccccc3c2)c(Br)c1. The van der Waals surface area contributed by atoms with Gasteiger partial charge < -0.3 is 4.74 Å². The van der Waals surface area contributed by atoms with Gasteiger partial charge >= 0.3 is 0 Å². The van der Waals surface area contributed by atoms with Crippen LogP contribution in [0.3, 0.4) is 0 Å². The van der Waals surface area contributed by atoms with Crippen LogP contribution >= 0.6 is 28.1 Å². The fourth-order valence-corrected chi connectivity index (χ4v) is 3.68.